The summed E-state index contributed by atoms with van der Waals surface area (Å²) < 4.78 is 0. The topological polar surface area (TPSA) is 65.5 Å². The van der Waals surface area contributed by atoms with Crippen LogP contribution in [0.3, 0.4) is 0 Å². The molecule has 0 aromatic rings. The van der Waals surface area contributed by atoms with Crippen molar-refractivity contribution in [1.29, 1.82) is 0 Å². The number of nitrogens with zero attached hydrogens (tertiary/aromatic N) is 1. The van der Waals surface area contributed by atoms with Crippen LogP contribution in [0.25, 0.3) is 0 Å². The molecule has 6 heteroatoms. The Morgan fingerprint density at radius 2 is 2.05 bits per heavy atom. The van der Waals surface area contributed by atoms with E-state index < -0.39 is 0 Å². The van der Waals surface area contributed by atoms with Gasteiger partial charge in [0.05, 0.1) is 6.54 Å². The third kappa shape index (κ3) is 6.50. The molecule has 0 spiro atoms. The van der Waals surface area contributed by atoms with E-state index in [4.69, 9.17) is 0 Å². The monoisotopic (exact) mass is 300 g/mol. The molecular formula is C14H28N4OS. The van der Waals surface area contributed by atoms with Gasteiger partial charge in [0.1, 0.15) is 0 Å². The Labute approximate surface area is 126 Å². The minimum atomic E-state index is -0.202. The van der Waals surface area contributed by atoms with Crippen LogP contribution in [-0.2, 0) is 4.79 Å². The van der Waals surface area contributed by atoms with E-state index >= 15 is 0 Å². The van der Waals surface area contributed by atoms with Gasteiger partial charge in [0.25, 0.3) is 0 Å². The normalized spacial score (nSPS) is 23.6. The smallest absolute Gasteiger partial charge is 0.239 e. The summed E-state index contributed by atoms with van der Waals surface area (Å²) in [6.07, 6.45) is 5.74. The molecule has 1 aliphatic carbocycles. The molecule has 0 aromatic carbocycles. The first kappa shape index (κ1) is 17.1. The quantitative estimate of drug-likeness (QED) is 0.542. The zero-order valence-electron chi connectivity index (χ0n) is 13.2. The van der Waals surface area contributed by atoms with Gasteiger partial charge < -0.3 is 16.0 Å². The van der Waals surface area contributed by atoms with E-state index in [1.165, 1.54) is 12.8 Å². The van der Waals surface area contributed by atoms with Crippen molar-refractivity contribution >= 4 is 23.6 Å². The van der Waals surface area contributed by atoms with Gasteiger partial charge in [-0.1, -0.05) is 0 Å². The van der Waals surface area contributed by atoms with E-state index in [-0.39, 0.29) is 18.0 Å². The highest BCUT2D eigenvalue weighted by Crippen LogP contribution is 2.27. The van der Waals surface area contributed by atoms with Crippen LogP contribution >= 0.6 is 11.8 Å². The molecule has 5 nitrogen and oxygen atoms in total. The van der Waals surface area contributed by atoms with Crippen molar-refractivity contribution in [2.75, 3.05) is 19.8 Å². The fraction of sp³-hybridized carbons (Fsp3) is 0.857. The maximum absolute atomic E-state index is 11.8. The summed E-state index contributed by atoms with van der Waals surface area (Å²) in [5.41, 5.74) is -0.202. The number of thioether (sulfide) groups is 1. The Morgan fingerprint density at radius 1 is 1.35 bits per heavy atom. The van der Waals surface area contributed by atoms with E-state index in [0.29, 0.717) is 12.0 Å². The molecule has 0 aromatic heterocycles. The average Bonchev–Trinajstić information content (AvgIpc) is 2.80. The number of nitrogens with one attached hydrogen (secondary N) is 3. The molecule has 1 amide bonds. The Balaban J connectivity index is 2.32. The Kier molecular flexibility index (Phi) is 6.65. The van der Waals surface area contributed by atoms with Crippen LogP contribution in [0.1, 0.15) is 40.0 Å². The van der Waals surface area contributed by atoms with Crippen LogP contribution in [0, 0.1) is 0 Å². The maximum Gasteiger partial charge on any atom is 0.239 e. The SMILES string of the molecule is CN=C(NCC(=O)NC(C)(C)C)NC1CCC(SC)C1. The van der Waals surface area contributed by atoms with Gasteiger partial charge >= 0.3 is 0 Å². The molecule has 1 saturated carbocycles. The van der Waals surface area contributed by atoms with Crippen molar-refractivity contribution in [3.8, 4) is 0 Å². The lowest BCUT2D eigenvalue weighted by atomic mass is 10.1. The number of hydrogen-bond donors (Lipinski definition) is 3. The standard InChI is InChI=1S/C14H28N4OS/c1-14(2,3)18-12(19)9-16-13(15-4)17-10-6-7-11(8-10)20-5/h10-11H,6-9H2,1-5H3,(H,18,19)(H2,15,16,17). The summed E-state index contributed by atoms with van der Waals surface area (Å²) in [5.74, 6) is 0.690. The first-order valence-corrected chi connectivity index (χ1v) is 8.44. The number of amides is 1. The highest BCUT2D eigenvalue weighted by atomic mass is 32.2. The fourth-order valence-corrected chi connectivity index (χ4v) is 3.10. The molecule has 0 aliphatic heterocycles. The summed E-state index contributed by atoms with van der Waals surface area (Å²) in [7, 11) is 1.73. The molecule has 2 unspecified atom stereocenters. The third-order valence-electron chi connectivity index (χ3n) is 3.21. The van der Waals surface area contributed by atoms with Gasteiger partial charge in [-0.05, 0) is 46.3 Å². The second kappa shape index (κ2) is 7.76. The van der Waals surface area contributed by atoms with Crippen LogP contribution in [0.2, 0.25) is 0 Å². The van der Waals surface area contributed by atoms with Gasteiger partial charge in [0, 0.05) is 23.9 Å². The predicted octanol–water partition coefficient (Wildman–Crippen LogP) is 1.35. The second-order valence-electron chi connectivity index (χ2n) is 6.24. The van der Waals surface area contributed by atoms with Crippen molar-refractivity contribution in [2.24, 2.45) is 4.99 Å². The molecule has 3 N–H and O–H groups in total. The number of guanidine groups is 1. The van der Waals surface area contributed by atoms with E-state index in [9.17, 15) is 4.79 Å². The average molecular weight is 300 g/mol. The molecule has 0 bridgehead atoms. The van der Waals surface area contributed by atoms with Gasteiger partial charge in [-0.2, -0.15) is 11.8 Å². The number of carbonyl (C=O) groups excluding carboxylic acids is 1. The summed E-state index contributed by atoms with van der Waals surface area (Å²) in [5, 5.41) is 10.1. The molecule has 2 atom stereocenters. The summed E-state index contributed by atoms with van der Waals surface area (Å²) in [6, 6.07) is 0.462. The minimum absolute atomic E-state index is 0.0196. The van der Waals surface area contributed by atoms with Crippen molar-refractivity contribution in [2.45, 2.75) is 56.9 Å². The molecule has 0 saturated heterocycles. The zero-order valence-corrected chi connectivity index (χ0v) is 14.1. The van der Waals surface area contributed by atoms with Gasteiger partial charge in [-0.15, -0.1) is 0 Å². The van der Waals surface area contributed by atoms with Gasteiger partial charge in [0.15, 0.2) is 5.96 Å². The molecule has 116 valence electrons. The Hall–Kier alpha value is -0.910. The van der Waals surface area contributed by atoms with Crippen LogP contribution in [0.5, 0.6) is 0 Å². The zero-order chi connectivity index (χ0) is 15.2. The van der Waals surface area contributed by atoms with Gasteiger partial charge in [-0.25, -0.2) is 0 Å². The molecule has 0 heterocycles. The molecule has 1 aliphatic rings. The first-order chi connectivity index (χ1) is 9.34. The third-order valence-corrected chi connectivity index (χ3v) is 4.31. The van der Waals surface area contributed by atoms with Gasteiger partial charge in [0.2, 0.25) is 5.91 Å². The van der Waals surface area contributed by atoms with E-state index in [0.717, 1.165) is 11.7 Å². The number of aliphatic imine (C=N–C) groups is 1. The molecule has 1 rings (SSSR count). The Bertz CT molecular complexity index is 352. The minimum Gasteiger partial charge on any atom is -0.354 e. The Morgan fingerprint density at radius 3 is 2.55 bits per heavy atom. The van der Waals surface area contributed by atoms with Crippen molar-refractivity contribution in [1.82, 2.24) is 16.0 Å². The largest absolute Gasteiger partial charge is 0.354 e. The van der Waals surface area contributed by atoms with Crippen molar-refractivity contribution < 1.29 is 4.79 Å². The van der Waals surface area contributed by atoms with Crippen LogP contribution < -0.4 is 16.0 Å². The lowest BCUT2D eigenvalue weighted by Gasteiger charge is -2.22. The highest BCUT2D eigenvalue weighted by molar-refractivity contribution is 7.99. The van der Waals surface area contributed by atoms with Crippen molar-refractivity contribution in [3.63, 3.8) is 0 Å². The van der Waals surface area contributed by atoms with E-state index in [1.807, 2.05) is 32.5 Å². The van der Waals surface area contributed by atoms with Crippen LogP contribution in [0.15, 0.2) is 4.99 Å². The summed E-state index contributed by atoms with van der Waals surface area (Å²) in [4.78, 5) is 15.9. The molecule has 1 fully saturated rings. The lowest BCUT2D eigenvalue weighted by molar-refractivity contribution is -0.121. The second-order valence-corrected chi connectivity index (χ2v) is 7.37. The fourth-order valence-electron chi connectivity index (χ4n) is 2.30. The summed E-state index contributed by atoms with van der Waals surface area (Å²) in [6.45, 7) is 6.16. The number of carbonyl (C=O) groups is 1. The lowest BCUT2D eigenvalue weighted by Crippen LogP contribution is -2.49. The maximum atomic E-state index is 11.8. The van der Waals surface area contributed by atoms with Crippen LogP contribution in [-0.4, -0.2) is 48.5 Å². The molecule has 0 radical (unpaired) electrons. The number of rotatable bonds is 4. The van der Waals surface area contributed by atoms with Gasteiger partial charge in [-0.3, -0.25) is 9.79 Å². The number of hydrogen-bond acceptors (Lipinski definition) is 3. The predicted molar refractivity (Wildman–Crippen MR) is 87.3 cm³/mol. The van der Waals surface area contributed by atoms with E-state index in [1.54, 1.807) is 7.05 Å². The van der Waals surface area contributed by atoms with Crippen molar-refractivity contribution in [3.05, 3.63) is 0 Å². The first-order valence-electron chi connectivity index (χ1n) is 7.15. The van der Waals surface area contributed by atoms with Crippen LogP contribution in [0.4, 0.5) is 0 Å². The highest BCUT2D eigenvalue weighted by Gasteiger charge is 2.24. The molecule has 20 heavy (non-hydrogen) atoms. The molecular weight excluding hydrogens is 272 g/mol. The van der Waals surface area contributed by atoms with E-state index in [2.05, 4.69) is 27.2 Å². The summed E-state index contributed by atoms with van der Waals surface area (Å²) >= 11 is 1.93.